The molecule has 1 aliphatic rings. The highest BCUT2D eigenvalue weighted by Crippen LogP contribution is 2.40. The summed E-state index contributed by atoms with van der Waals surface area (Å²) in [4.78, 5) is 22.8. The van der Waals surface area contributed by atoms with E-state index >= 15 is 0 Å². The number of nitrogens with one attached hydrogen (secondary N) is 1. The Bertz CT molecular complexity index is 451. The van der Waals surface area contributed by atoms with Crippen molar-refractivity contribution >= 4 is 11.9 Å². The number of carbonyl (C=O) groups excluding carboxylic acids is 2. The predicted octanol–water partition coefficient (Wildman–Crippen LogP) is 1.63. The summed E-state index contributed by atoms with van der Waals surface area (Å²) in [7, 11) is 0. The Labute approximate surface area is 111 Å². The van der Waals surface area contributed by atoms with Crippen molar-refractivity contribution in [3.8, 4) is 0 Å². The number of rotatable bonds is 7. The van der Waals surface area contributed by atoms with E-state index in [0.29, 0.717) is 37.6 Å². The molecule has 6 nitrogen and oxygen atoms in total. The van der Waals surface area contributed by atoms with E-state index in [2.05, 4.69) is 10.5 Å². The molecule has 0 unspecified atom stereocenters. The van der Waals surface area contributed by atoms with Crippen LogP contribution in [0.3, 0.4) is 0 Å². The molecule has 1 aromatic rings. The van der Waals surface area contributed by atoms with E-state index in [9.17, 15) is 9.59 Å². The summed E-state index contributed by atoms with van der Waals surface area (Å²) in [5, 5.41) is 6.44. The average molecular weight is 266 g/mol. The van der Waals surface area contributed by atoms with E-state index in [1.807, 2.05) is 0 Å². The molecule has 1 heterocycles. The molecule has 19 heavy (non-hydrogen) atoms. The number of aromatic nitrogens is 1. The van der Waals surface area contributed by atoms with Crippen LogP contribution in [0, 0.1) is 0 Å². The van der Waals surface area contributed by atoms with E-state index < -0.39 is 0 Å². The van der Waals surface area contributed by atoms with Gasteiger partial charge in [0.25, 0.3) is 5.91 Å². The lowest BCUT2D eigenvalue weighted by atomic mass is 10.2. The van der Waals surface area contributed by atoms with Gasteiger partial charge in [0, 0.05) is 24.9 Å². The van der Waals surface area contributed by atoms with Crippen molar-refractivity contribution < 1.29 is 18.8 Å². The number of ether oxygens (including phenoxy) is 1. The van der Waals surface area contributed by atoms with Crippen molar-refractivity contribution in [1.82, 2.24) is 10.5 Å². The second-order valence-corrected chi connectivity index (χ2v) is 4.55. The van der Waals surface area contributed by atoms with Crippen molar-refractivity contribution in [2.24, 2.45) is 0 Å². The lowest BCUT2D eigenvalue weighted by Gasteiger charge is -2.02. The standard InChI is InChI=1S/C13H18N2O4/c1-2-18-12(16)4-3-7-14-13(17)10-8-11(19-15-10)9-5-6-9/h8-9H,2-7H2,1H3,(H,14,17). The highest BCUT2D eigenvalue weighted by molar-refractivity contribution is 5.92. The van der Waals surface area contributed by atoms with Crippen molar-refractivity contribution in [2.45, 2.75) is 38.5 Å². The van der Waals surface area contributed by atoms with Gasteiger partial charge in [-0.2, -0.15) is 0 Å². The van der Waals surface area contributed by atoms with Gasteiger partial charge in [-0.1, -0.05) is 5.16 Å². The number of amides is 1. The molecule has 0 aliphatic heterocycles. The van der Waals surface area contributed by atoms with Gasteiger partial charge in [-0.25, -0.2) is 0 Å². The quantitative estimate of drug-likeness (QED) is 0.599. The topological polar surface area (TPSA) is 81.4 Å². The van der Waals surface area contributed by atoms with Crippen LogP contribution in [-0.2, 0) is 9.53 Å². The predicted molar refractivity (Wildman–Crippen MR) is 66.7 cm³/mol. The second-order valence-electron chi connectivity index (χ2n) is 4.55. The SMILES string of the molecule is CCOC(=O)CCCNC(=O)c1cc(C2CC2)on1. The van der Waals surface area contributed by atoms with Crippen LogP contribution in [0.15, 0.2) is 10.6 Å². The molecule has 0 radical (unpaired) electrons. The van der Waals surface area contributed by atoms with Crippen LogP contribution in [0.5, 0.6) is 0 Å². The van der Waals surface area contributed by atoms with Crippen LogP contribution in [-0.4, -0.2) is 30.2 Å². The Morgan fingerprint density at radius 1 is 1.53 bits per heavy atom. The second kappa shape index (κ2) is 6.36. The number of nitrogens with zero attached hydrogens (tertiary/aromatic N) is 1. The molecule has 2 rings (SSSR count). The highest BCUT2D eigenvalue weighted by Gasteiger charge is 2.28. The highest BCUT2D eigenvalue weighted by atomic mass is 16.5. The van der Waals surface area contributed by atoms with Gasteiger partial charge in [0.2, 0.25) is 0 Å². The normalized spacial score (nSPS) is 14.2. The molecule has 0 spiro atoms. The third-order valence-electron chi connectivity index (χ3n) is 2.89. The van der Waals surface area contributed by atoms with Gasteiger partial charge in [-0.15, -0.1) is 0 Å². The van der Waals surface area contributed by atoms with Crippen molar-refractivity contribution in [1.29, 1.82) is 0 Å². The summed E-state index contributed by atoms with van der Waals surface area (Å²) in [5.74, 6) is 0.725. The molecule has 0 bridgehead atoms. The summed E-state index contributed by atoms with van der Waals surface area (Å²) >= 11 is 0. The average Bonchev–Trinajstić information content (AvgIpc) is 3.12. The van der Waals surface area contributed by atoms with Crippen LogP contribution in [0.25, 0.3) is 0 Å². The van der Waals surface area contributed by atoms with Crippen molar-refractivity contribution in [3.63, 3.8) is 0 Å². The Kier molecular flexibility index (Phi) is 4.54. The summed E-state index contributed by atoms with van der Waals surface area (Å²) in [6.45, 7) is 2.57. The van der Waals surface area contributed by atoms with Crippen LogP contribution in [0.1, 0.15) is 54.8 Å². The monoisotopic (exact) mass is 266 g/mol. The molecule has 6 heteroatoms. The first-order chi connectivity index (χ1) is 9.20. The van der Waals surface area contributed by atoms with Gasteiger partial charge in [0.1, 0.15) is 5.76 Å². The van der Waals surface area contributed by atoms with Gasteiger partial charge in [-0.3, -0.25) is 9.59 Å². The van der Waals surface area contributed by atoms with E-state index in [4.69, 9.17) is 9.26 Å². The fourth-order valence-corrected chi connectivity index (χ4v) is 1.71. The first-order valence-electron chi connectivity index (χ1n) is 6.61. The zero-order valence-corrected chi connectivity index (χ0v) is 11.0. The molecule has 1 N–H and O–H groups in total. The minimum Gasteiger partial charge on any atom is -0.466 e. The molecule has 1 amide bonds. The summed E-state index contributed by atoms with van der Waals surface area (Å²) in [6.07, 6.45) is 3.07. The number of hydrogen-bond donors (Lipinski definition) is 1. The molecular weight excluding hydrogens is 248 g/mol. The molecule has 1 aromatic heterocycles. The number of esters is 1. The summed E-state index contributed by atoms with van der Waals surface area (Å²) < 4.78 is 9.89. The molecule has 0 aromatic carbocycles. The molecule has 0 atom stereocenters. The molecule has 1 aliphatic carbocycles. The summed E-state index contributed by atoms with van der Waals surface area (Å²) in [6, 6.07) is 1.69. The third kappa shape index (κ3) is 4.08. The lowest BCUT2D eigenvalue weighted by molar-refractivity contribution is -0.143. The first kappa shape index (κ1) is 13.6. The molecular formula is C13H18N2O4. The van der Waals surface area contributed by atoms with Gasteiger partial charge in [0.05, 0.1) is 6.61 Å². The maximum Gasteiger partial charge on any atom is 0.305 e. The lowest BCUT2D eigenvalue weighted by Crippen LogP contribution is -2.25. The maximum absolute atomic E-state index is 11.7. The molecule has 1 saturated carbocycles. The first-order valence-corrected chi connectivity index (χ1v) is 6.61. The Morgan fingerprint density at radius 3 is 3.00 bits per heavy atom. The zero-order valence-electron chi connectivity index (χ0n) is 11.0. The minimum atomic E-state index is -0.264. The van der Waals surface area contributed by atoms with E-state index in [1.54, 1.807) is 13.0 Å². The zero-order chi connectivity index (χ0) is 13.7. The van der Waals surface area contributed by atoms with E-state index in [-0.39, 0.29) is 11.9 Å². The van der Waals surface area contributed by atoms with Crippen molar-refractivity contribution in [2.75, 3.05) is 13.2 Å². The van der Waals surface area contributed by atoms with Gasteiger partial charge in [-0.05, 0) is 26.2 Å². The summed E-state index contributed by atoms with van der Waals surface area (Å²) in [5.41, 5.74) is 0.304. The van der Waals surface area contributed by atoms with Crippen LogP contribution in [0.4, 0.5) is 0 Å². The van der Waals surface area contributed by atoms with Crippen molar-refractivity contribution in [3.05, 3.63) is 17.5 Å². The number of hydrogen-bond acceptors (Lipinski definition) is 5. The third-order valence-corrected chi connectivity index (χ3v) is 2.89. The Balaban J connectivity index is 1.67. The van der Waals surface area contributed by atoms with Crippen LogP contribution >= 0.6 is 0 Å². The molecule has 0 saturated heterocycles. The Morgan fingerprint density at radius 2 is 2.32 bits per heavy atom. The van der Waals surface area contributed by atoms with Gasteiger partial charge >= 0.3 is 5.97 Å². The maximum atomic E-state index is 11.7. The van der Waals surface area contributed by atoms with Crippen LogP contribution in [0.2, 0.25) is 0 Å². The fourth-order valence-electron chi connectivity index (χ4n) is 1.71. The largest absolute Gasteiger partial charge is 0.466 e. The van der Waals surface area contributed by atoms with Gasteiger partial charge in [0.15, 0.2) is 5.69 Å². The minimum absolute atomic E-state index is 0.241. The van der Waals surface area contributed by atoms with Crippen LogP contribution < -0.4 is 5.32 Å². The van der Waals surface area contributed by atoms with E-state index in [1.165, 1.54) is 0 Å². The Hall–Kier alpha value is -1.85. The fraction of sp³-hybridized carbons (Fsp3) is 0.615. The smallest absolute Gasteiger partial charge is 0.305 e. The molecule has 1 fully saturated rings. The van der Waals surface area contributed by atoms with E-state index in [0.717, 1.165) is 18.6 Å². The van der Waals surface area contributed by atoms with Gasteiger partial charge < -0.3 is 14.6 Å². The number of carbonyl (C=O) groups is 2. The molecule has 104 valence electrons.